The first-order valence-corrected chi connectivity index (χ1v) is 8.88. The zero-order chi connectivity index (χ0) is 14.3. The van der Waals surface area contributed by atoms with Crippen molar-refractivity contribution in [1.82, 2.24) is 9.55 Å². The van der Waals surface area contributed by atoms with Crippen molar-refractivity contribution in [2.45, 2.75) is 36.9 Å². The number of fused-ring (bicyclic) bond motifs is 1. The predicted octanol–water partition coefficient (Wildman–Crippen LogP) is 4.96. The Morgan fingerprint density at radius 2 is 2.35 bits per heavy atom. The van der Waals surface area contributed by atoms with E-state index in [1.165, 1.54) is 18.6 Å². The normalized spacial score (nSPS) is 22.8. The molecule has 0 amide bonds. The van der Waals surface area contributed by atoms with E-state index >= 15 is 0 Å². The quantitative estimate of drug-likeness (QED) is 0.703. The van der Waals surface area contributed by atoms with Crippen LogP contribution in [0.4, 0.5) is 4.39 Å². The maximum atomic E-state index is 13.8. The van der Waals surface area contributed by atoms with Crippen LogP contribution in [-0.2, 0) is 12.4 Å². The van der Waals surface area contributed by atoms with Gasteiger partial charge in [0.25, 0.3) is 0 Å². The molecule has 1 aromatic carbocycles. The van der Waals surface area contributed by atoms with E-state index in [1.807, 2.05) is 11.8 Å². The molecule has 0 N–H and O–H groups in total. The zero-order valence-corrected chi connectivity index (χ0v) is 14.3. The molecule has 0 radical (unpaired) electrons. The van der Waals surface area contributed by atoms with Crippen LogP contribution < -0.4 is 0 Å². The molecule has 1 saturated heterocycles. The van der Waals surface area contributed by atoms with Crippen molar-refractivity contribution < 1.29 is 4.39 Å². The topological polar surface area (TPSA) is 17.8 Å². The summed E-state index contributed by atoms with van der Waals surface area (Å²) in [5, 5.41) is 0. The molecule has 2 aromatic rings. The second-order valence-electron chi connectivity index (χ2n) is 5.40. The average molecular weight is 378 g/mol. The Balaban J connectivity index is 2.10. The summed E-state index contributed by atoms with van der Waals surface area (Å²) in [5.41, 5.74) is 1.62. The first-order chi connectivity index (χ1) is 9.52. The molecule has 2 nitrogen and oxygen atoms in total. The van der Waals surface area contributed by atoms with Crippen LogP contribution in [0.1, 0.15) is 25.6 Å². The van der Waals surface area contributed by atoms with Crippen LogP contribution in [0.2, 0.25) is 0 Å². The molecule has 108 valence electrons. The van der Waals surface area contributed by atoms with Gasteiger partial charge >= 0.3 is 0 Å². The average Bonchev–Trinajstić information content (AvgIpc) is 2.96. The summed E-state index contributed by atoms with van der Waals surface area (Å²) in [6, 6.07) is 3.27. The lowest BCUT2D eigenvalue weighted by Crippen LogP contribution is -2.24. The highest BCUT2D eigenvalue weighted by Gasteiger charge is 2.31. The summed E-state index contributed by atoms with van der Waals surface area (Å²) in [7, 11) is 0. The van der Waals surface area contributed by atoms with Gasteiger partial charge < -0.3 is 4.57 Å². The molecule has 20 heavy (non-hydrogen) atoms. The van der Waals surface area contributed by atoms with Gasteiger partial charge in [-0.25, -0.2) is 9.37 Å². The molecule has 1 aromatic heterocycles. The number of hydrogen-bond acceptors (Lipinski definition) is 2. The first kappa shape index (κ1) is 14.7. The van der Waals surface area contributed by atoms with Gasteiger partial charge in [0.05, 0.1) is 21.4 Å². The van der Waals surface area contributed by atoms with Gasteiger partial charge in [-0.1, -0.05) is 0 Å². The summed E-state index contributed by atoms with van der Waals surface area (Å²) in [6.45, 7) is 3.10. The lowest BCUT2D eigenvalue weighted by molar-refractivity contribution is 0.509. The van der Waals surface area contributed by atoms with Crippen LogP contribution in [0.25, 0.3) is 11.0 Å². The molecule has 0 bridgehead atoms. The Morgan fingerprint density at radius 1 is 1.55 bits per heavy atom. The molecular weight excluding hydrogens is 363 g/mol. The van der Waals surface area contributed by atoms with Gasteiger partial charge in [-0.05, 0) is 47.5 Å². The van der Waals surface area contributed by atoms with Crippen LogP contribution in [0.3, 0.4) is 0 Å². The van der Waals surface area contributed by atoms with Crippen molar-refractivity contribution in [3.05, 3.63) is 28.2 Å². The molecule has 0 aliphatic carbocycles. The van der Waals surface area contributed by atoms with Gasteiger partial charge in [0.2, 0.25) is 0 Å². The standard InChI is InChI=1S/C14H15BrClFN2S/c1-14(3-2-4-20-14)8-19-12-6-10(17)9(15)5-11(12)18-13(19)7-16/h5-6H,2-4,7-8H2,1H3. The molecule has 1 unspecified atom stereocenters. The van der Waals surface area contributed by atoms with Crippen molar-refractivity contribution >= 4 is 50.3 Å². The molecule has 1 aliphatic rings. The van der Waals surface area contributed by atoms with E-state index in [0.717, 1.165) is 23.4 Å². The van der Waals surface area contributed by atoms with Gasteiger partial charge in [0, 0.05) is 17.4 Å². The number of imidazole rings is 1. The third-order valence-corrected chi connectivity index (χ3v) is 6.15. The number of thioether (sulfide) groups is 1. The van der Waals surface area contributed by atoms with Crippen LogP contribution in [0.15, 0.2) is 16.6 Å². The Morgan fingerprint density at radius 3 is 3.00 bits per heavy atom. The summed E-state index contributed by atoms with van der Waals surface area (Å²) >= 11 is 11.2. The SMILES string of the molecule is CC1(Cn2c(CCl)nc3cc(Br)c(F)cc32)CCCS1. The van der Waals surface area contributed by atoms with Crippen LogP contribution in [-0.4, -0.2) is 20.1 Å². The number of rotatable bonds is 3. The van der Waals surface area contributed by atoms with Crippen molar-refractivity contribution in [3.8, 4) is 0 Å². The number of halogens is 3. The summed E-state index contributed by atoms with van der Waals surface area (Å²) in [6.07, 6.45) is 2.42. The molecule has 1 fully saturated rings. The molecular formula is C14H15BrClFN2S. The predicted molar refractivity (Wildman–Crippen MR) is 87.0 cm³/mol. The van der Waals surface area contributed by atoms with E-state index in [9.17, 15) is 4.39 Å². The Kier molecular flexibility index (Phi) is 4.04. The van der Waals surface area contributed by atoms with E-state index in [4.69, 9.17) is 11.6 Å². The maximum absolute atomic E-state index is 13.8. The smallest absolute Gasteiger partial charge is 0.139 e. The highest BCUT2D eigenvalue weighted by Crippen LogP contribution is 2.40. The van der Waals surface area contributed by atoms with Crippen molar-refractivity contribution in [2.75, 3.05) is 5.75 Å². The summed E-state index contributed by atoms with van der Waals surface area (Å²) in [5.74, 6) is 2.09. The van der Waals surface area contributed by atoms with Gasteiger partial charge in [0.15, 0.2) is 0 Å². The lowest BCUT2D eigenvalue weighted by Gasteiger charge is -2.24. The third-order valence-electron chi connectivity index (χ3n) is 3.78. The highest BCUT2D eigenvalue weighted by molar-refractivity contribution is 9.10. The summed E-state index contributed by atoms with van der Waals surface area (Å²) in [4.78, 5) is 4.53. The van der Waals surface area contributed by atoms with E-state index in [2.05, 4.69) is 32.4 Å². The Labute approximate surface area is 135 Å². The summed E-state index contributed by atoms with van der Waals surface area (Å²) < 4.78 is 16.5. The van der Waals surface area contributed by atoms with Crippen LogP contribution in [0, 0.1) is 5.82 Å². The van der Waals surface area contributed by atoms with Crippen molar-refractivity contribution in [1.29, 1.82) is 0 Å². The largest absolute Gasteiger partial charge is 0.325 e. The van der Waals surface area contributed by atoms with Crippen LogP contribution >= 0.6 is 39.3 Å². The highest BCUT2D eigenvalue weighted by atomic mass is 79.9. The van der Waals surface area contributed by atoms with Gasteiger partial charge in [-0.15, -0.1) is 11.6 Å². The first-order valence-electron chi connectivity index (χ1n) is 6.56. The Bertz CT molecular complexity index is 652. The minimum absolute atomic E-state index is 0.192. The number of alkyl halides is 1. The van der Waals surface area contributed by atoms with Crippen LogP contribution in [0.5, 0.6) is 0 Å². The van der Waals surface area contributed by atoms with E-state index in [1.54, 1.807) is 12.1 Å². The van der Waals surface area contributed by atoms with E-state index in [0.29, 0.717) is 10.4 Å². The van der Waals surface area contributed by atoms with E-state index in [-0.39, 0.29) is 10.6 Å². The Hall–Kier alpha value is -0.260. The molecule has 1 aliphatic heterocycles. The fraction of sp³-hybridized carbons (Fsp3) is 0.500. The van der Waals surface area contributed by atoms with Gasteiger partial charge in [-0.3, -0.25) is 0 Å². The zero-order valence-electron chi connectivity index (χ0n) is 11.1. The lowest BCUT2D eigenvalue weighted by atomic mass is 10.1. The second kappa shape index (κ2) is 5.50. The molecule has 0 spiro atoms. The maximum Gasteiger partial charge on any atom is 0.139 e. The van der Waals surface area contributed by atoms with Crippen molar-refractivity contribution in [2.24, 2.45) is 0 Å². The second-order valence-corrected chi connectivity index (χ2v) is 8.21. The number of aromatic nitrogens is 2. The van der Waals surface area contributed by atoms with Gasteiger partial charge in [0.1, 0.15) is 11.6 Å². The number of benzene rings is 1. The molecule has 0 saturated carbocycles. The molecule has 3 rings (SSSR count). The molecule has 6 heteroatoms. The third kappa shape index (κ3) is 2.60. The van der Waals surface area contributed by atoms with Gasteiger partial charge in [-0.2, -0.15) is 11.8 Å². The number of hydrogen-bond donors (Lipinski definition) is 0. The van der Waals surface area contributed by atoms with Crippen molar-refractivity contribution in [3.63, 3.8) is 0 Å². The fourth-order valence-corrected chi connectivity index (χ4v) is 4.57. The molecule has 1 atom stereocenters. The van der Waals surface area contributed by atoms with E-state index < -0.39 is 0 Å². The minimum atomic E-state index is -0.260. The molecule has 2 heterocycles. The minimum Gasteiger partial charge on any atom is -0.325 e. The monoisotopic (exact) mass is 376 g/mol. The number of nitrogens with zero attached hydrogens (tertiary/aromatic N) is 2. The fourth-order valence-electron chi connectivity index (χ4n) is 2.74.